The third-order valence-electron chi connectivity index (χ3n) is 3.89. The Balaban J connectivity index is 1.81. The third-order valence-corrected chi connectivity index (χ3v) is 3.89. The highest BCUT2D eigenvalue weighted by Gasteiger charge is 2.12. The second-order valence-electron chi connectivity index (χ2n) is 6.19. The van der Waals surface area contributed by atoms with Gasteiger partial charge in [-0.25, -0.2) is 0 Å². The molecule has 2 aromatic rings. The van der Waals surface area contributed by atoms with Crippen LogP contribution >= 0.6 is 0 Å². The maximum Gasteiger partial charge on any atom is 0.273 e. The number of benzene rings is 2. The quantitative estimate of drug-likeness (QED) is 0.513. The lowest BCUT2D eigenvalue weighted by Crippen LogP contribution is -2.32. The van der Waals surface area contributed by atoms with Crippen LogP contribution < -0.4 is 10.1 Å². The summed E-state index contributed by atoms with van der Waals surface area (Å²) in [6.45, 7) is 0.995. The third kappa shape index (κ3) is 6.36. The summed E-state index contributed by atoms with van der Waals surface area (Å²) in [5, 5.41) is 23.5. The number of nitrogens with one attached hydrogen (secondary N) is 1. The van der Waals surface area contributed by atoms with E-state index in [1.54, 1.807) is 25.2 Å². The van der Waals surface area contributed by atoms with E-state index in [1.165, 1.54) is 18.2 Å². The minimum absolute atomic E-state index is 0.0289. The normalized spacial score (nSPS) is 11.9. The Bertz CT molecular complexity index is 779. The van der Waals surface area contributed by atoms with Crippen LogP contribution in [-0.2, 0) is 6.54 Å². The van der Waals surface area contributed by atoms with Gasteiger partial charge in [0, 0.05) is 31.8 Å². The fourth-order valence-electron chi connectivity index (χ4n) is 2.57. The molecule has 1 amide bonds. The maximum absolute atomic E-state index is 11.5. The van der Waals surface area contributed by atoms with Crippen molar-refractivity contribution in [2.75, 3.05) is 27.2 Å². The lowest BCUT2D eigenvalue weighted by Gasteiger charge is -2.21. The maximum atomic E-state index is 11.5. The van der Waals surface area contributed by atoms with E-state index in [2.05, 4.69) is 5.32 Å². The number of nitro groups is 1. The zero-order valence-electron chi connectivity index (χ0n) is 15.3. The average molecular weight is 373 g/mol. The van der Waals surface area contributed by atoms with Crippen molar-refractivity contribution in [1.29, 1.82) is 0 Å². The van der Waals surface area contributed by atoms with E-state index in [-0.39, 0.29) is 18.2 Å². The van der Waals surface area contributed by atoms with Crippen LogP contribution in [0.3, 0.4) is 0 Å². The average Bonchev–Trinajstić information content (AvgIpc) is 2.66. The molecule has 0 fully saturated rings. The minimum Gasteiger partial charge on any atom is -0.491 e. The van der Waals surface area contributed by atoms with E-state index >= 15 is 0 Å². The van der Waals surface area contributed by atoms with Gasteiger partial charge in [0.05, 0.1) is 11.0 Å². The number of likely N-dealkylation sites (N-methyl/N-ethyl adjacent to an activating group) is 1. The summed E-state index contributed by atoms with van der Waals surface area (Å²) >= 11 is 0. The molecule has 144 valence electrons. The van der Waals surface area contributed by atoms with Crippen LogP contribution in [0.25, 0.3) is 0 Å². The Morgan fingerprint density at radius 1 is 1.30 bits per heavy atom. The number of aliphatic hydroxyl groups excluding tert-OH is 1. The second kappa shape index (κ2) is 9.65. The zero-order chi connectivity index (χ0) is 19.8. The van der Waals surface area contributed by atoms with Gasteiger partial charge in [0.15, 0.2) is 0 Å². The van der Waals surface area contributed by atoms with Crippen molar-refractivity contribution in [3.8, 4) is 5.75 Å². The fraction of sp³-hybridized carbons (Fsp3) is 0.316. The molecule has 1 atom stereocenters. The molecule has 0 aromatic heterocycles. The van der Waals surface area contributed by atoms with Crippen molar-refractivity contribution < 1.29 is 19.6 Å². The standard InChI is InChI=1S/C19H23N3O5/c1-20-19(24)15-8-6-14(7-9-15)11-21(2)12-17(23)13-27-18-5-3-4-16(10-18)22(25)26/h3-10,17,23H,11-13H2,1-2H3,(H,20,24). The fourth-order valence-corrected chi connectivity index (χ4v) is 2.57. The van der Waals surface area contributed by atoms with Crippen molar-refractivity contribution in [3.05, 3.63) is 69.8 Å². The van der Waals surface area contributed by atoms with Gasteiger partial charge in [-0.1, -0.05) is 18.2 Å². The van der Waals surface area contributed by atoms with E-state index in [9.17, 15) is 20.0 Å². The molecule has 2 rings (SSSR count). The molecule has 0 bridgehead atoms. The first-order valence-corrected chi connectivity index (χ1v) is 8.44. The number of ether oxygens (including phenoxy) is 1. The molecule has 8 nitrogen and oxygen atoms in total. The number of nitrogens with zero attached hydrogens (tertiary/aromatic N) is 2. The molecule has 0 aliphatic carbocycles. The van der Waals surface area contributed by atoms with Crippen LogP contribution in [0.4, 0.5) is 5.69 Å². The van der Waals surface area contributed by atoms with Gasteiger partial charge in [0.25, 0.3) is 11.6 Å². The lowest BCUT2D eigenvalue weighted by atomic mass is 10.1. The van der Waals surface area contributed by atoms with Crippen molar-refractivity contribution in [2.24, 2.45) is 0 Å². The predicted octanol–water partition coefficient (Wildman–Crippen LogP) is 1.83. The molecule has 1 unspecified atom stereocenters. The smallest absolute Gasteiger partial charge is 0.273 e. The molecular weight excluding hydrogens is 350 g/mol. The number of hydrogen-bond donors (Lipinski definition) is 2. The van der Waals surface area contributed by atoms with Gasteiger partial charge in [-0.2, -0.15) is 0 Å². The molecule has 0 radical (unpaired) electrons. The van der Waals surface area contributed by atoms with E-state index in [0.717, 1.165) is 5.56 Å². The van der Waals surface area contributed by atoms with E-state index in [0.29, 0.717) is 24.4 Å². The van der Waals surface area contributed by atoms with Gasteiger partial charge in [0.1, 0.15) is 18.5 Å². The van der Waals surface area contributed by atoms with Crippen molar-refractivity contribution in [2.45, 2.75) is 12.6 Å². The van der Waals surface area contributed by atoms with Gasteiger partial charge in [-0.15, -0.1) is 0 Å². The summed E-state index contributed by atoms with van der Waals surface area (Å²) in [6.07, 6.45) is -0.751. The summed E-state index contributed by atoms with van der Waals surface area (Å²) in [5.74, 6) is 0.208. The number of rotatable bonds is 9. The van der Waals surface area contributed by atoms with E-state index in [4.69, 9.17) is 4.74 Å². The van der Waals surface area contributed by atoms with Gasteiger partial charge in [-0.05, 0) is 30.8 Å². The molecule has 2 N–H and O–H groups in total. The van der Waals surface area contributed by atoms with Gasteiger partial charge in [-0.3, -0.25) is 19.8 Å². The summed E-state index contributed by atoms with van der Waals surface area (Å²) in [6, 6.07) is 13.1. The zero-order valence-corrected chi connectivity index (χ0v) is 15.3. The van der Waals surface area contributed by atoms with Crippen LogP contribution in [0.15, 0.2) is 48.5 Å². The molecule has 0 saturated carbocycles. The highest BCUT2D eigenvalue weighted by atomic mass is 16.6. The molecule has 0 saturated heterocycles. The first-order valence-electron chi connectivity index (χ1n) is 8.44. The highest BCUT2D eigenvalue weighted by Crippen LogP contribution is 2.19. The molecule has 27 heavy (non-hydrogen) atoms. The first kappa shape index (κ1) is 20.3. The molecule has 8 heteroatoms. The Kier molecular flexibility index (Phi) is 7.27. The van der Waals surface area contributed by atoms with Gasteiger partial charge in [0.2, 0.25) is 0 Å². The Morgan fingerprint density at radius 3 is 2.63 bits per heavy atom. The molecule has 0 aliphatic rings. The lowest BCUT2D eigenvalue weighted by molar-refractivity contribution is -0.384. The summed E-state index contributed by atoms with van der Waals surface area (Å²) in [4.78, 5) is 23.7. The Morgan fingerprint density at radius 2 is 2.00 bits per heavy atom. The second-order valence-corrected chi connectivity index (χ2v) is 6.19. The number of carbonyl (C=O) groups is 1. The Labute approximate surface area is 157 Å². The van der Waals surface area contributed by atoms with Crippen LogP contribution in [-0.4, -0.2) is 54.2 Å². The van der Waals surface area contributed by atoms with E-state index in [1.807, 2.05) is 24.1 Å². The minimum atomic E-state index is -0.751. The number of nitro benzene ring substituents is 1. The van der Waals surface area contributed by atoms with E-state index < -0.39 is 11.0 Å². The number of carbonyl (C=O) groups excluding carboxylic acids is 1. The molecule has 2 aromatic carbocycles. The topological polar surface area (TPSA) is 105 Å². The van der Waals surface area contributed by atoms with Crippen molar-refractivity contribution in [3.63, 3.8) is 0 Å². The SMILES string of the molecule is CNC(=O)c1ccc(CN(C)CC(O)COc2cccc([N+](=O)[O-])c2)cc1. The van der Waals surface area contributed by atoms with Crippen LogP contribution in [0.2, 0.25) is 0 Å². The summed E-state index contributed by atoms with van der Waals surface area (Å²) in [5.41, 5.74) is 1.55. The number of non-ortho nitro benzene ring substituents is 1. The van der Waals surface area contributed by atoms with Gasteiger partial charge >= 0.3 is 0 Å². The molecular formula is C19H23N3O5. The van der Waals surface area contributed by atoms with Crippen molar-refractivity contribution in [1.82, 2.24) is 10.2 Å². The largest absolute Gasteiger partial charge is 0.491 e. The number of hydrogen-bond acceptors (Lipinski definition) is 6. The number of aliphatic hydroxyl groups is 1. The summed E-state index contributed by atoms with van der Waals surface area (Å²) in [7, 11) is 3.45. The molecule has 0 heterocycles. The highest BCUT2D eigenvalue weighted by molar-refractivity contribution is 5.93. The van der Waals surface area contributed by atoms with Gasteiger partial charge < -0.3 is 15.2 Å². The van der Waals surface area contributed by atoms with Crippen LogP contribution in [0.5, 0.6) is 5.75 Å². The number of amides is 1. The Hall–Kier alpha value is -2.97. The van der Waals surface area contributed by atoms with Crippen molar-refractivity contribution >= 4 is 11.6 Å². The first-order chi connectivity index (χ1) is 12.9. The predicted molar refractivity (Wildman–Crippen MR) is 101 cm³/mol. The molecule has 0 aliphatic heterocycles. The van der Waals surface area contributed by atoms with Crippen LogP contribution in [0.1, 0.15) is 15.9 Å². The monoisotopic (exact) mass is 373 g/mol. The summed E-state index contributed by atoms with van der Waals surface area (Å²) < 4.78 is 5.44. The van der Waals surface area contributed by atoms with Crippen LogP contribution in [0, 0.1) is 10.1 Å². The molecule has 0 spiro atoms.